The van der Waals surface area contributed by atoms with Crippen LogP contribution < -0.4 is 5.56 Å². The van der Waals surface area contributed by atoms with E-state index in [2.05, 4.69) is 16.8 Å². The largest absolute Gasteiger partial charge is 0.306 e. The van der Waals surface area contributed by atoms with Crippen molar-refractivity contribution >= 4 is 0 Å². The zero-order valence-electron chi connectivity index (χ0n) is 12.9. The Labute approximate surface area is 130 Å². The van der Waals surface area contributed by atoms with E-state index < -0.39 is 0 Å². The Morgan fingerprint density at radius 3 is 2.77 bits per heavy atom. The van der Waals surface area contributed by atoms with Gasteiger partial charge >= 0.3 is 0 Å². The highest BCUT2D eigenvalue weighted by Gasteiger charge is 2.27. The van der Waals surface area contributed by atoms with Crippen molar-refractivity contribution in [1.29, 1.82) is 0 Å². The van der Waals surface area contributed by atoms with Crippen molar-refractivity contribution in [3.63, 3.8) is 0 Å². The minimum atomic E-state index is 0.0339. The maximum Gasteiger partial charge on any atom is 0.254 e. The fourth-order valence-corrected chi connectivity index (χ4v) is 3.16. The van der Waals surface area contributed by atoms with Crippen LogP contribution in [0.5, 0.6) is 0 Å². The quantitative estimate of drug-likeness (QED) is 0.946. The molecule has 4 rings (SSSR count). The van der Waals surface area contributed by atoms with E-state index in [9.17, 15) is 4.79 Å². The van der Waals surface area contributed by atoms with E-state index in [-0.39, 0.29) is 5.56 Å². The summed E-state index contributed by atoms with van der Waals surface area (Å²) in [6.07, 6.45) is 3.54. The maximum absolute atomic E-state index is 12.4. The standard InChI is InChI=1S/C18H21N3O/c1-12-2-6-14(7-3-12)17-19-16-11-21(10-13-4-5-13)9-8-15(16)18(22)20-17/h2-3,6-7,13H,4-5,8-11H2,1H3,(H,19,20,22). The molecule has 1 saturated carbocycles. The lowest BCUT2D eigenvalue weighted by Crippen LogP contribution is -2.36. The molecule has 114 valence electrons. The van der Waals surface area contributed by atoms with Crippen molar-refractivity contribution in [1.82, 2.24) is 14.9 Å². The topological polar surface area (TPSA) is 49.0 Å². The number of rotatable bonds is 3. The van der Waals surface area contributed by atoms with E-state index in [4.69, 9.17) is 4.98 Å². The molecule has 1 aromatic carbocycles. The van der Waals surface area contributed by atoms with E-state index in [0.29, 0.717) is 5.82 Å². The number of aromatic amines is 1. The molecule has 22 heavy (non-hydrogen) atoms. The van der Waals surface area contributed by atoms with Crippen LogP contribution >= 0.6 is 0 Å². The van der Waals surface area contributed by atoms with Gasteiger partial charge in [0.1, 0.15) is 5.82 Å². The second-order valence-corrected chi connectivity index (χ2v) is 6.63. The van der Waals surface area contributed by atoms with Gasteiger partial charge in [-0.3, -0.25) is 9.69 Å². The molecule has 0 atom stereocenters. The zero-order valence-corrected chi connectivity index (χ0v) is 12.9. The Morgan fingerprint density at radius 1 is 1.27 bits per heavy atom. The van der Waals surface area contributed by atoms with Crippen molar-refractivity contribution in [2.45, 2.75) is 32.7 Å². The van der Waals surface area contributed by atoms with Crippen LogP contribution in [0.15, 0.2) is 29.1 Å². The minimum absolute atomic E-state index is 0.0339. The number of aryl methyl sites for hydroxylation is 1. The summed E-state index contributed by atoms with van der Waals surface area (Å²) in [4.78, 5) is 22.5. The molecule has 1 fully saturated rings. The minimum Gasteiger partial charge on any atom is -0.306 e. The first kappa shape index (κ1) is 13.7. The number of hydrogen-bond donors (Lipinski definition) is 1. The highest BCUT2D eigenvalue weighted by atomic mass is 16.1. The summed E-state index contributed by atoms with van der Waals surface area (Å²) in [6, 6.07) is 8.14. The second-order valence-electron chi connectivity index (χ2n) is 6.63. The highest BCUT2D eigenvalue weighted by Crippen LogP contribution is 2.31. The van der Waals surface area contributed by atoms with E-state index in [1.807, 2.05) is 24.3 Å². The third kappa shape index (κ3) is 2.71. The fraction of sp³-hybridized carbons (Fsp3) is 0.444. The molecule has 2 aliphatic rings. The average molecular weight is 295 g/mol. The summed E-state index contributed by atoms with van der Waals surface area (Å²) in [5.74, 6) is 1.57. The summed E-state index contributed by atoms with van der Waals surface area (Å²) in [7, 11) is 0. The SMILES string of the molecule is Cc1ccc(-c2nc3c(c(=O)[nH]2)CCN(CC2CC2)C3)cc1. The van der Waals surface area contributed by atoms with Crippen LogP contribution in [0.25, 0.3) is 11.4 Å². The molecule has 0 spiro atoms. The van der Waals surface area contributed by atoms with Crippen LogP contribution in [0.4, 0.5) is 0 Å². The smallest absolute Gasteiger partial charge is 0.254 e. The second kappa shape index (κ2) is 5.36. The molecule has 1 N–H and O–H groups in total. The van der Waals surface area contributed by atoms with Gasteiger partial charge in [0.15, 0.2) is 0 Å². The Bertz CT molecular complexity index is 744. The van der Waals surface area contributed by atoms with Gasteiger partial charge in [-0.1, -0.05) is 29.8 Å². The Balaban J connectivity index is 1.66. The van der Waals surface area contributed by atoms with Crippen molar-refractivity contribution in [2.75, 3.05) is 13.1 Å². The molecule has 0 amide bonds. The third-order valence-corrected chi connectivity index (χ3v) is 4.69. The number of hydrogen-bond acceptors (Lipinski definition) is 3. The molecule has 1 aromatic heterocycles. The lowest BCUT2D eigenvalue weighted by Gasteiger charge is -2.27. The van der Waals surface area contributed by atoms with E-state index in [0.717, 1.165) is 48.8 Å². The Kier molecular flexibility index (Phi) is 3.34. The van der Waals surface area contributed by atoms with Crippen LogP contribution in [0.3, 0.4) is 0 Å². The molecular weight excluding hydrogens is 274 g/mol. The van der Waals surface area contributed by atoms with Gasteiger partial charge in [0.2, 0.25) is 0 Å². The van der Waals surface area contributed by atoms with Crippen molar-refractivity contribution in [3.8, 4) is 11.4 Å². The summed E-state index contributed by atoms with van der Waals surface area (Å²) < 4.78 is 0. The molecule has 1 aliphatic heterocycles. The Hall–Kier alpha value is -1.94. The van der Waals surface area contributed by atoms with Crippen LogP contribution in [0.1, 0.15) is 29.7 Å². The monoisotopic (exact) mass is 295 g/mol. The third-order valence-electron chi connectivity index (χ3n) is 4.69. The van der Waals surface area contributed by atoms with Crippen molar-refractivity contribution < 1.29 is 0 Å². The van der Waals surface area contributed by atoms with Crippen LogP contribution in [0, 0.1) is 12.8 Å². The highest BCUT2D eigenvalue weighted by molar-refractivity contribution is 5.55. The first-order valence-corrected chi connectivity index (χ1v) is 8.10. The maximum atomic E-state index is 12.4. The van der Waals surface area contributed by atoms with Crippen LogP contribution in [-0.4, -0.2) is 28.0 Å². The lowest BCUT2D eigenvalue weighted by atomic mass is 10.1. The fourth-order valence-electron chi connectivity index (χ4n) is 3.16. The van der Waals surface area contributed by atoms with Crippen molar-refractivity contribution in [2.24, 2.45) is 5.92 Å². The van der Waals surface area contributed by atoms with Gasteiger partial charge in [-0.15, -0.1) is 0 Å². The molecular formula is C18H21N3O. The van der Waals surface area contributed by atoms with Crippen LogP contribution in [0.2, 0.25) is 0 Å². The molecule has 0 unspecified atom stereocenters. The molecule has 2 aromatic rings. The summed E-state index contributed by atoms with van der Waals surface area (Å²) in [6.45, 7) is 5.02. The molecule has 2 heterocycles. The molecule has 4 nitrogen and oxygen atoms in total. The average Bonchev–Trinajstić information content (AvgIpc) is 3.31. The number of fused-ring (bicyclic) bond motifs is 1. The molecule has 1 aliphatic carbocycles. The summed E-state index contributed by atoms with van der Waals surface area (Å²) in [5.41, 5.74) is 4.06. The predicted octanol–water partition coefficient (Wildman–Crippen LogP) is 2.51. The summed E-state index contributed by atoms with van der Waals surface area (Å²) >= 11 is 0. The Morgan fingerprint density at radius 2 is 2.05 bits per heavy atom. The zero-order chi connectivity index (χ0) is 15.1. The number of nitrogens with one attached hydrogen (secondary N) is 1. The van der Waals surface area contributed by atoms with Gasteiger partial charge in [0.05, 0.1) is 5.69 Å². The van der Waals surface area contributed by atoms with Crippen LogP contribution in [-0.2, 0) is 13.0 Å². The molecule has 4 heteroatoms. The van der Waals surface area contributed by atoms with Gasteiger partial charge in [0.25, 0.3) is 5.56 Å². The van der Waals surface area contributed by atoms with Gasteiger partial charge in [-0.2, -0.15) is 0 Å². The first-order chi connectivity index (χ1) is 10.7. The number of H-pyrrole nitrogens is 1. The first-order valence-electron chi connectivity index (χ1n) is 8.10. The summed E-state index contributed by atoms with van der Waals surface area (Å²) in [5, 5.41) is 0. The number of nitrogens with zero attached hydrogens (tertiary/aromatic N) is 2. The lowest BCUT2D eigenvalue weighted by molar-refractivity contribution is 0.239. The van der Waals surface area contributed by atoms with Gasteiger partial charge < -0.3 is 4.98 Å². The molecule has 0 saturated heterocycles. The van der Waals surface area contributed by atoms with E-state index >= 15 is 0 Å². The predicted molar refractivity (Wildman–Crippen MR) is 86.7 cm³/mol. The molecule has 0 radical (unpaired) electrons. The van der Waals surface area contributed by atoms with E-state index in [1.165, 1.54) is 18.4 Å². The van der Waals surface area contributed by atoms with Crippen molar-refractivity contribution in [3.05, 3.63) is 51.4 Å². The molecule has 0 bridgehead atoms. The normalized spacial score (nSPS) is 18.2. The van der Waals surface area contributed by atoms with Gasteiger partial charge in [-0.05, 0) is 32.1 Å². The van der Waals surface area contributed by atoms with E-state index in [1.54, 1.807) is 0 Å². The van der Waals surface area contributed by atoms with Gasteiger partial charge in [0, 0.05) is 30.8 Å². The number of benzene rings is 1. The number of aromatic nitrogens is 2. The van der Waals surface area contributed by atoms with Gasteiger partial charge in [-0.25, -0.2) is 4.98 Å².